The molecule has 1 aromatic heterocycles. The minimum atomic E-state index is -0.226. The number of halogens is 1. The molecule has 0 unspecified atom stereocenters. The van der Waals surface area contributed by atoms with Crippen LogP contribution in [0.5, 0.6) is 0 Å². The molecule has 0 atom stereocenters. The van der Waals surface area contributed by atoms with Crippen LogP contribution in [0.25, 0.3) is 11.0 Å². The number of hydrogen-bond acceptors (Lipinski definition) is 3. The highest BCUT2D eigenvalue weighted by Crippen LogP contribution is 2.30. The summed E-state index contributed by atoms with van der Waals surface area (Å²) in [6, 6.07) is 20.0. The number of carbonyl (C=O) groups excluding carboxylic acids is 2. The van der Waals surface area contributed by atoms with Crippen LogP contribution in [0.4, 0.5) is 5.69 Å². The van der Waals surface area contributed by atoms with Crippen molar-refractivity contribution >= 4 is 44.3 Å². The van der Waals surface area contributed by atoms with E-state index in [4.69, 9.17) is 4.42 Å². The molecule has 1 N–H and O–H groups in total. The molecule has 5 heteroatoms. The van der Waals surface area contributed by atoms with Crippen molar-refractivity contribution in [2.75, 3.05) is 5.32 Å². The van der Waals surface area contributed by atoms with Gasteiger partial charge in [0.05, 0.1) is 5.56 Å². The number of hydrogen-bond donors (Lipinski definition) is 1. The van der Waals surface area contributed by atoms with E-state index >= 15 is 0 Å². The van der Waals surface area contributed by atoms with Crippen LogP contribution in [0.3, 0.4) is 0 Å². The highest BCUT2D eigenvalue weighted by Gasteiger charge is 2.20. The van der Waals surface area contributed by atoms with Gasteiger partial charge in [-0.3, -0.25) is 9.59 Å². The molecule has 4 rings (SSSR count). The lowest BCUT2D eigenvalue weighted by atomic mass is 10.0. The molecule has 1 heterocycles. The smallest absolute Gasteiger partial charge is 0.256 e. The molecule has 1 amide bonds. The standard InChI is InChI=1S/C24H18BrNO3/c1-14-7-9-16(10-8-14)22(27)23-15(2)18-12-11-17(13-21(18)29-23)26-24(28)19-5-3-4-6-20(19)25/h3-13H,1-2H3,(H,26,28). The predicted octanol–water partition coefficient (Wildman–Crippen LogP) is 6.30. The molecule has 0 saturated carbocycles. The van der Waals surface area contributed by atoms with Crippen molar-refractivity contribution in [2.24, 2.45) is 0 Å². The van der Waals surface area contributed by atoms with Crippen molar-refractivity contribution < 1.29 is 14.0 Å². The summed E-state index contributed by atoms with van der Waals surface area (Å²) < 4.78 is 6.61. The molecule has 0 spiro atoms. The quantitative estimate of drug-likeness (QED) is 0.373. The van der Waals surface area contributed by atoms with Crippen LogP contribution in [0, 0.1) is 13.8 Å². The molecule has 0 aliphatic rings. The first-order valence-corrected chi connectivity index (χ1v) is 9.94. The minimum Gasteiger partial charge on any atom is -0.452 e. The van der Waals surface area contributed by atoms with Crippen LogP contribution in [-0.4, -0.2) is 11.7 Å². The van der Waals surface area contributed by atoms with Crippen molar-refractivity contribution in [2.45, 2.75) is 13.8 Å². The van der Waals surface area contributed by atoms with Gasteiger partial charge in [-0.15, -0.1) is 0 Å². The number of anilines is 1. The number of nitrogens with one attached hydrogen (secondary N) is 1. The third-order valence-electron chi connectivity index (χ3n) is 4.83. The largest absolute Gasteiger partial charge is 0.452 e. The Hall–Kier alpha value is -3.18. The van der Waals surface area contributed by atoms with Gasteiger partial charge in [0.15, 0.2) is 5.76 Å². The number of furan rings is 1. The number of carbonyl (C=O) groups is 2. The SMILES string of the molecule is Cc1ccc(C(=O)c2oc3cc(NC(=O)c4ccccc4Br)ccc3c2C)cc1. The summed E-state index contributed by atoms with van der Waals surface area (Å²) in [6.07, 6.45) is 0. The third-order valence-corrected chi connectivity index (χ3v) is 5.53. The van der Waals surface area contributed by atoms with Gasteiger partial charge >= 0.3 is 0 Å². The summed E-state index contributed by atoms with van der Waals surface area (Å²) in [5, 5.41) is 3.72. The second-order valence-electron chi connectivity index (χ2n) is 6.90. The Morgan fingerprint density at radius 2 is 1.66 bits per heavy atom. The van der Waals surface area contributed by atoms with E-state index < -0.39 is 0 Å². The molecular weight excluding hydrogens is 430 g/mol. The molecule has 0 aliphatic carbocycles. The van der Waals surface area contributed by atoms with E-state index in [-0.39, 0.29) is 11.7 Å². The van der Waals surface area contributed by atoms with Gasteiger partial charge in [-0.1, -0.05) is 42.0 Å². The summed E-state index contributed by atoms with van der Waals surface area (Å²) in [5.74, 6) is -0.0632. The van der Waals surface area contributed by atoms with Gasteiger partial charge in [0.1, 0.15) is 5.58 Å². The van der Waals surface area contributed by atoms with Crippen molar-refractivity contribution in [1.82, 2.24) is 0 Å². The average molecular weight is 448 g/mol. The van der Waals surface area contributed by atoms with Crippen molar-refractivity contribution in [3.63, 3.8) is 0 Å². The highest BCUT2D eigenvalue weighted by molar-refractivity contribution is 9.10. The average Bonchev–Trinajstić information content (AvgIpc) is 3.04. The van der Waals surface area contributed by atoms with E-state index in [9.17, 15) is 9.59 Å². The first-order valence-electron chi connectivity index (χ1n) is 9.14. The molecule has 0 bridgehead atoms. The molecule has 4 aromatic rings. The lowest BCUT2D eigenvalue weighted by Crippen LogP contribution is -2.12. The zero-order valence-electron chi connectivity index (χ0n) is 16.0. The van der Waals surface area contributed by atoms with E-state index in [1.54, 1.807) is 30.3 Å². The molecule has 0 saturated heterocycles. The molecule has 0 radical (unpaired) electrons. The number of rotatable bonds is 4. The molecule has 29 heavy (non-hydrogen) atoms. The normalized spacial score (nSPS) is 10.9. The number of fused-ring (bicyclic) bond motifs is 1. The summed E-state index contributed by atoms with van der Waals surface area (Å²) >= 11 is 3.39. The van der Waals surface area contributed by atoms with Crippen LogP contribution in [0.2, 0.25) is 0 Å². The lowest BCUT2D eigenvalue weighted by Gasteiger charge is -2.06. The summed E-state index contributed by atoms with van der Waals surface area (Å²) in [6.45, 7) is 3.84. The predicted molar refractivity (Wildman–Crippen MR) is 118 cm³/mol. The Bertz CT molecular complexity index is 1240. The molecule has 4 nitrogen and oxygen atoms in total. The fraction of sp³-hybridized carbons (Fsp3) is 0.0833. The van der Waals surface area contributed by atoms with E-state index in [1.165, 1.54) is 0 Å². The summed E-state index contributed by atoms with van der Waals surface area (Å²) in [7, 11) is 0. The number of benzene rings is 3. The minimum absolute atomic E-state index is 0.155. The Morgan fingerprint density at radius 1 is 0.931 bits per heavy atom. The topological polar surface area (TPSA) is 59.3 Å². The second-order valence-corrected chi connectivity index (χ2v) is 7.75. The summed E-state index contributed by atoms with van der Waals surface area (Å²) in [4.78, 5) is 25.4. The van der Waals surface area contributed by atoms with Crippen molar-refractivity contribution in [1.29, 1.82) is 0 Å². The lowest BCUT2D eigenvalue weighted by molar-refractivity contribution is 0.101. The number of amides is 1. The van der Waals surface area contributed by atoms with Crippen molar-refractivity contribution in [3.8, 4) is 0 Å². The molecule has 0 fully saturated rings. The molecule has 3 aromatic carbocycles. The van der Waals surface area contributed by atoms with Gasteiger partial charge in [0.2, 0.25) is 5.78 Å². The first-order chi connectivity index (χ1) is 13.9. The van der Waals surface area contributed by atoms with Gasteiger partial charge < -0.3 is 9.73 Å². The Labute approximate surface area is 176 Å². The fourth-order valence-corrected chi connectivity index (χ4v) is 3.66. The van der Waals surface area contributed by atoms with Crippen molar-refractivity contribution in [3.05, 3.63) is 99.2 Å². The third kappa shape index (κ3) is 3.74. The van der Waals surface area contributed by atoms with E-state index in [0.29, 0.717) is 28.2 Å². The Balaban J connectivity index is 1.65. The van der Waals surface area contributed by atoms with Crippen LogP contribution in [0.1, 0.15) is 37.6 Å². The van der Waals surface area contributed by atoms with Gasteiger partial charge in [-0.05, 0) is 54.0 Å². The Kier molecular flexibility index (Phi) is 5.07. The first kappa shape index (κ1) is 19.2. The maximum atomic E-state index is 12.9. The number of aryl methyl sites for hydroxylation is 2. The fourth-order valence-electron chi connectivity index (χ4n) is 3.20. The maximum Gasteiger partial charge on any atom is 0.256 e. The molecular formula is C24H18BrNO3. The number of ketones is 1. The van der Waals surface area contributed by atoms with Gasteiger partial charge in [-0.25, -0.2) is 0 Å². The maximum absolute atomic E-state index is 12.9. The van der Waals surface area contributed by atoms with Gasteiger partial charge in [0.25, 0.3) is 5.91 Å². The van der Waals surface area contributed by atoms with E-state index in [1.807, 2.05) is 50.2 Å². The molecule has 0 aliphatic heterocycles. The van der Waals surface area contributed by atoms with Gasteiger partial charge in [-0.2, -0.15) is 0 Å². The van der Waals surface area contributed by atoms with Crippen LogP contribution in [0.15, 0.2) is 75.6 Å². The summed E-state index contributed by atoms with van der Waals surface area (Å²) in [5.41, 5.74) is 4.16. The molecule has 144 valence electrons. The zero-order valence-corrected chi connectivity index (χ0v) is 17.5. The van der Waals surface area contributed by atoms with E-state index in [2.05, 4.69) is 21.2 Å². The highest BCUT2D eigenvalue weighted by atomic mass is 79.9. The second kappa shape index (κ2) is 7.68. The van der Waals surface area contributed by atoms with Crippen LogP contribution >= 0.6 is 15.9 Å². The zero-order chi connectivity index (χ0) is 20.5. The Morgan fingerprint density at radius 3 is 2.38 bits per heavy atom. The van der Waals surface area contributed by atoms with Crippen LogP contribution in [-0.2, 0) is 0 Å². The van der Waals surface area contributed by atoms with E-state index in [0.717, 1.165) is 21.0 Å². The monoisotopic (exact) mass is 447 g/mol. The van der Waals surface area contributed by atoms with Gasteiger partial charge in [0, 0.05) is 32.7 Å². The van der Waals surface area contributed by atoms with Crippen LogP contribution < -0.4 is 5.32 Å².